The average molecular weight is 268 g/mol. The molecule has 0 aromatic heterocycles. The summed E-state index contributed by atoms with van der Waals surface area (Å²) in [6.07, 6.45) is 2.96. The van der Waals surface area contributed by atoms with Crippen LogP contribution in [0.4, 0.5) is 0 Å². The molecular weight excluding hydrogens is 250 g/mol. The molecule has 1 aliphatic rings. The fraction of sp³-hybridized carbons (Fsp3) is 0.500. The van der Waals surface area contributed by atoms with Gasteiger partial charge in [-0.2, -0.15) is 0 Å². The van der Waals surface area contributed by atoms with Gasteiger partial charge in [-0.1, -0.05) is 23.7 Å². The smallest absolute Gasteiger partial charge is 0.252 e. The van der Waals surface area contributed by atoms with Crippen molar-refractivity contribution in [1.29, 1.82) is 0 Å². The second-order valence-corrected chi connectivity index (χ2v) is 5.42. The van der Waals surface area contributed by atoms with Crippen molar-refractivity contribution in [2.45, 2.75) is 44.2 Å². The molecule has 1 fully saturated rings. The number of aliphatic hydroxyl groups is 1. The van der Waals surface area contributed by atoms with E-state index in [4.69, 9.17) is 11.6 Å². The number of benzene rings is 1. The highest BCUT2D eigenvalue weighted by atomic mass is 35.5. The first kappa shape index (κ1) is 13.4. The molecule has 1 amide bonds. The number of amides is 1. The normalized spacial score (nSPS) is 19.5. The van der Waals surface area contributed by atoms with E-state index < -0.39 is 5.60 Å². The third-order valence-corrected chi connectivity index (χ3v) is 3.82. The molecule has 0 spiro atoms. The van der Waals surface area contributed by atoms with E-state index in [1.165, 1.54) is 0 Å². The molecule has 3 nitrogen and oxygen atoms in total. The molecule has 0 heterocycles. The summed E-state index contributed by atoms with van der Waals surface area (Å²) in [5, 5.41) is 13.7. The Morgan fingerprint density at radius 2 is 1.89 bits per heavy atom. The highest BCUT2D eigenvalue weighted by molar-refractivity contribution is 6.30. The van der Waals surface area contributed by atoms with Crippen LogP contribution >= 0.6 is 11.6 Å². The summed E-state index contributed by atoms with van der Waals surface area (Å²) in [6.45, 7) is 1.90. The second-order valence-electron chi connectivity index (χ2n) is 4.99. The zero-order valence-corrected chi connectivity index (χ0v) is 11.2. The predicted octanol–water partition coefficient (Wildman–Crippen LogP) is 2.82. The van der Waals surface area contributed by atoms with Gasteiger partial charge < -0.3 is 10.4 Å². The molecule has 1 aromatic rings. The van der Waals surface area contributed by atoms with Crippen molar-refractivity contribution in [2.75, 3.05) is 0 Å². The van der Waals surface area contributed by atoms with Crippen molar-refractivity contribution < 1.29 is 9.90 Å². The molecule has 1 unspecified atom stereocenters. The summed E-state index contributed by atoms with van der Waals surface area (Å²) in [5.74, 6) is -0.262. The first-order valence-electron chi connectivity index (χ1n) is 6.30. The van der Waals surface area contributed by atoms with Gasteiger partial charge in [-0.05, 0) is 50.3 Å². The summed E-state index contributed by atoms with van der Waals surface area (Å²) in [4.78, 5) is 12.0. The Morgan fingerprint density at radius 3 is 2.44 bits per heavy atom. The average Bonchev–Trinajstić information content (AvgIpc) is 2.78. The van der Waals surface area contributed by atoms with E-state index in [1.54, 1.807) is 12.1 Å². The molecule has 1 aromatic carbocycles. The van der Waals surface area contributed by atoms with E-state index in [-0.39, 0.29) is 11.9 Å². The lowest BCUT2D eigenvalue weighted by Crippen LogP contribution is -2.45. The van der Waals surface area contributed by atoms with Crippen LogP contribution in [0.2, 0.25) is 5.02 Å². The van der Waals surface area contributed by atoms with Gasteiger partial charge in [-0.25, -0.2) is 0 Å². The standard InChI is InChI=1S/C14H18ClNO2/c1-10(11-4-6-12(15)7-5-11)16-13(17)14(18)8-2-3-9-14/h4-7,10,18H,2-3,8-9H2,1H3,(H,16,17). The predicted molar refractivity (Wildman–Crippen MR) is 71.4 cm³/mol. The Labute approximate surface area is 112 Å². The molecule has 2 rings (SSSR count). The van der Waals surface area contributed by atoms with Crippen LogP contribution in [0.25, 0.3) is 0 Å². The van der Waals surface area contributed by atoms with Gasteiger partial charge in [-0.3, -0.25) is 4.79 Å². The maximum atomic E-state index is 12.0. The lowest BCUT2D eigenvalue weighted by atomic mass is 10.00. The minimum absolute atomic E-state index is 0.126. The van der Waals surface area contributed by atoms with Crippen LogP contribution in [0.3, 0.4) is 0 Å². The second kappa shape index (κ2) is 5.29. The Morgan fingerprint density at radius 1 is 1.33 bits per heavy atom. The molecule has 0 radical (unpaired) electrons. The number of carbonyl (C=O) groups is 1. The van der Waals surface area contributed by atoms with Gasteiger partial charge >= 0.3 is 0 Å². The van der Waals surface area contributed by atoms with Crippen molar-refractivity contribution in [3.05, 3.63) is 34.9 Å². The molecule has 0 aliphatic heterocycles. The molecule has 98 valence electrons. The first-order chi connectivity index (χ1) is 8.51. The quantitative estimate of drug-likeness (QED) is 0.885. The maximum Gasteiger partial charge on any atom is 0.252 e. The largest absolute Gasteiger partial charge is 0.380 e. The van der Waals surface area contributed by atoms with Crippen molar-refractivity contribution in [1.82, 2.24) is 5.32 Å². The fourth-order valence-corrected chi connectivity index (χ4v) is 2.48. The van der Waals surface area contributed by atoms with Crippen molar-refractivity contribution in [3.8, 4) is 0 Å². The van der Waals surface area contributed by atoms with E-state index in [0.717, 1.165) is 18.4 Å². The molecule has 1 atom stereocenters. The van der Waals surface area contributed by atoms with E-state index >= 15 is 0 Å². The summed E-state index contributed by atoms with van der Waals surface area (Å²) >= 11 is 5.82. The Kier molecular flexibility index (Phi) is 3.93. The highest BCUT2D eigenvalue weighted by Crippen LogP contribution is 2.30. The van der Waals surface area contributed by atoms with Crippen molar-refractivity contribution in [2.24, 2.45) is 0 Å². The molecule has 2 N–H and O–H groups in total. The summed E-state index contributed by atoms with van der Waals surface area (Å²) < 4.78 is 0. The minimum Gasteiger partial charge on any atom is -0.380 e. The highest BCUT2D eigenvalue weighted by Gasteiger charge is 2.39. The first-order valence-corrected chi connectivity index (χ1v) is 6.68. The molecule has 18 heavy (non-hydrogen) atoms. The van der Waals surface area contributed by atoms with Gasteiger partial charge in [0.2, 0.25) is 0 Å². The topological polar surface area (TPSA) is 49.3 Å². The molecule has 1 saturated carbocycles. The summed E-state index contributed by atoms with van der Waals surface area (Å²) in [6, 6.07) is 7.23. The lowest BCUT2D eigenvalue weighted by Gasteiger charge is -2.24. The van der Waals surface area contributed by atoms with Gasteiger partial charge in [0.1, 0.15) is 5.60 Å². The zero-order chi connectivity index (χ0) is 13.2. The number of hydrogen-bond donors (Lipinski definition) is 2. The van der Waals surface area contributed by atoms with Crippen molar-refractivity contribution in [3.63, 3.8) is 0 Å². The van der Waals surface area contributed by atoms with Crippen molar-refractivity contribution >= 4 is 17.5 Å². The minimum atomic E-state index is -1.17. The monoisotopic (exact) mass is 267 g/mol. The fourth-order valence-electron chi connectivity index (χ4n) is 2.35. The number of nitrogens with one attached hydrogen (secondary N) is 1. The Bertz CT molecular complexity index is 424. The van der Waals surface area contributed by atoms with Crippen LogP contribution in [-0.4, -0.2) is 16.6 Å². The van der Waals surface area contributed by atoms with Gasteiger partial charge in [0.15, 0.2) is 0 Å². The Balaban J connectivity index is 2.00. The van der Waals surface area contributed by atoms with Crippen LogP contribution in [0.1, 0.15) is 44.2 Å². The van der Waals surface area contributed by atoms with Gasteiger partial charge in [0.25, 0.3) is 5.91 Å². The number of rotatable bonds is 3. The van der Waals surface area contributed by atoms with Crippen LogP contribution in [0.15, 0.2) is 24.3 Å². The number of hydrogen-bond acceptors (Lipinski definition) is 2. The van der Waals surface area contributed by atoms with E-state index in [0.29, 0.717) is 17.9 Å². The van der Waals surface area contributed by atoms with Crippen LogP contribution in [-0.2, 0) is 4.79 Å². The summed E-state index contributed by atoms with van der Waals surface area (Å²) in [5.41, 5.74) is -0.185. The maximum absolute atomic E-state index is 12.0. The lowest BCUT2D eigenvalue weighted by molar-refractivity contribution is -0.139. The van der Waals surface area contributed by atoms with Gasteiger partial charge in [-0.15, -0.1) is 0 Å². The third kappa shape index (κ3) is 2.85. The molecule has 1 aliphatic carbocycles. The van der Waals surface area contributed by atoms with Crippen LogP contribution in [0, 0.1) is 0 Å². The van der Waals surface area contributed by atoms with E-state index in [2.05, 4.69) is 5.32 Å². The van der Waals surface area contributed by atoms with Crippen LogP contribution < -0.4 is 5.32 Å². The van der Waals surface area contributed by atoms with Gasteiger partial charge in [0, 0.05) is 5.02 Å². The van der Waals surface area contributed by atoms with Gasteiger partial charge in [0.05, 0.1) is 6.04 Å². The Hall–Kier alpha value is -1.06. The zero-order valence-electron chi connectivity index (χ0n) is 10.4. The molecular formula is C14H18ClNO2. The molecule has 0 bridgehead atoms. The number of carbonyl (C=O) groups excluding carboxylic acids is 1. The van der Waals surface area contributed by atoms with Crippen LogP contribution in [0.5, 0.6) is 0 Å². The molecule has 4 heteroatoms. The van der Waals surface area contributed by atoms with E-state index in [9.17, 15) is 9.90 Å². The SMILES string of the molecule is CC(NC(=O)C1(O)CCCC1)c1ccc(Cl)cc1. The molecule has 0 saturated heterocycles. The number of halogens is 1. The van der Waals surface area contributed by atoms with E-state index in [1.807, 2.05) is 19.1 Å². The summed E-state index contributed by atoms with van der Waals surface area (Å²) in [7, 11) is 0. The third-order valence-electron chi connectivity index (χ3n) is 3.57.